The quantitative estimate of drug-likeness (QED) is 0.908. The van der Waals surface area contributed by atoms with Crippen molar-refractivity contribution in [2.24, 2.45) is 0 Å². The Hall–Kier alpha value is -2.12. The van der Waals surface area contributed by atoms with Gasteiger partial charge in [-0.25, -0.2) is 12.8 Å². The van der Waals surface area contributed by atoms with E-state index in [4.69, 9.17) is 0 Å². The monoisotopic (exact) mass is 361 g/mol. The summed E-state index contributed by atoms with van der Waals surface area (Å²) in [5.74, 6) is -0.443. The highest BCUT2D eigenvalue weighted by molar-refractivity contribution is 7.92. The van der Waals surface area contributed by atoms with E-state index in [2.05, 4.69) is 16.3 Å². The van der Waals surface area contributed by atoms with Crippen LogP contribution in [-0.2, 0) is 16.4 Å². The van der Waals surface area contributed by atoms with Gasteiger partial charge >= 0.3 is 0 Å². The van der Waals surface area contributed by atoms with E-state index >= 15 is 0 Å². The molecule has 5 nitrogen and oxygen atoms in total. The minimum absolute atomic E-state index is 0.120. The molecule has 2 aliphatic rings. The van der Waals surface area contributed by atoms with Crippen molar-refractivity contribution >= 4 is 21.4 Å². The van der Waals surface area contributed by atoms with E-state index in [0.717, 1.165) is 43.1 Å². The van der Waals surface area contributed by atoms with Gasteiger partial charge in [0.1, 0.15) is 5.82 Å². The molecule has 1 N–H and O–H groups in total. The SMILES string of the molecule is O=S(=O)(c1ccc(F)cc1)N1CCc2c(N3CCNCC3)cccc21. The number of sulfonamides is 1. The number of nitrogens with one attached hydrogen (secondary N) is 1. The van der Waals surface area contributed by atoms with Crippen molar-refractivity contribution in [3.8, 4) is 0 Å². The highest BCUT2D eigenvalue weighted by Gasteiger charge is 2.33. The smallest absolute Gasteiger partial charge is 0.264 e. The fourth-order valence-corrected chi connectivity index (χ4v) is 5.07. The molecular weight excluding hydrogens is 341 g/mol. The molecule has 1 saturated heterocycles. The standard InChI is InChI=1S/C18H20FN3O2S/c19-14-4-6-15(7-5-14)25(23,24)22-11-8-16-17(2-1-3-18(16)22)21-12-9-20-10-13-21/h1-7,20H,8-13H2. The molecule has 0 saturated carbocycles. The number of piperazine rings is 1. The molecule has 2 heterocycles. The van der Waals surface area contributed by atoms with Crippen LogP contribution < -0.4 is 14.5 Å². The maximum Gasteiger partial charge on any atom is 0.264 e. The summed E-state index contributed by atoms with van der Waals surface area (Å²) in [5.41, 5.74) is 2.94. The van der Waals surface area contributed by atoms with Crippen molar-refractivity contribution in [3.05, 3.63) is 53.8 Å². The van der Waals surface area contributed by atoms with Crippen molar-refractivity contribution < 1.29 is 12.8 Å². The molecule has 132 valence electrons. The van der Waals surface area contributed by atoms with E-state index in [1.807, 2.05) is 12.1 Å². The first-order valence-corrected chi connectivity index (χ1v) is 9.87. The van der Waals surface area contributed by atoms with Gasteiger partial charge in [-0.3, -0.25) is 4.31 Å². The molecule has 0 spiro atoms. The third-order valence-electron chi connectivity index (χ3n) is 4.82. The van der Waals surface area contributed by atoms with Gasteiger partial charge in [0, 0.05) is 44.0 Å². The predicted molar refractivity (Wildman–Crippen MR) is 96.2 cm³/mol. The first-order chi connectivity index (χ1) is 12.1. The van der Waals surface area contributed by atoms with Crippen LogP contribution in [0.15, 0.2) is 47.4 Å². The second-order valence-electron chi connectivity index (χ2n) is 6.29. The van der Waals surface area contributed by atoms with E-state index in [1.165, 1.54) is 28.6 Å². The van der Waals surface area contributed by atoms with Crippen molar-refractivity contribution in [1.29, 1.82) is 0 Å². The zero-order valence-electron chi connectivity index (χ0n) is 13.8. The number of anilines is 2. The van der Waals surface area contributed by atoms with Gasteiger partial charge in [-0.15, -0.1) is 0 Å². The Bertz CT molecular complexity index is 878. The van der Waals surface area contributed by atoms with Crippen LogP contribution in [0.25, 0.3) is 0 Å². The maximum atomic E-state index is 13.1. The summed E-state index contributed by atoms with van der Waals surface area (Å²) in [5, 5.41) is 3.33. The van der Waals surface area contributed by atoms with Crippen LogP contribution in [0.2, 0.25) is 0 Å². The first-order valence-electron chi connectivity index (χ1n) is 8.43. The lowest BCUT2D eigenvalue weighted by Crippen LogP contribution is -2.43. The summed E-state index contributed by atoms with van der Waals surface area (Å²) in [7, 11) is -3.68. The van der Waals surface area contributed by atoms with E-state index in [-0.39, 0.29) is 4.90 Å². The number of rotatable bonds is 3. The van der Waals surface area contributed by atoms with Crippen molar-refractivity contribution in [2.45, 2.75) is 11.3 Å². The number of hydrogen-bond donors (Lipinski definition) is 1. The molecule has 25 heavy (non-hydrogen) atoms. The average Bonchev–Trinajstić information content (AvgIpc) is 3.08. The van der Waals surface area contributed by atoms with E-state index < -0.39 is 15.8 Å². The van der Waals surface area contributed by atoms with Gasteiger partial charge in [0.2, 0.25) is 0 Å². The van der Waals surface area contributed by atoms with Gasteiger partial charge in [-0.05, 0) is 42.8 Å². The molecule has 4 rings (SSSR count). The minimum Gasteiger partial charge on any atom is -0.369 e. The fourth-order valence-electron chi connectivity index (χ4n) is 3.57. The molecule has 0 bridgehead atoms. The molecule has 7 heteroatoms. The maximum absolute atomic E-state index is 13.1. The molecule has 0 aliphatic carbocycles. The lowest BCUT2D eigenvalue weighted by Gasteiger charge is -2.31. The molecule has 1 fully saturated rings. The molecule has 0 unspecified atom stereocenters. The van der Waals surface area contributed by atoms with Gasteiger partial charge < -0.3 is 10.2 Å². The van der Waals surface area contributed by atoms with Crippen molar-refractivity contribution in [3.63, 3.8) is 0 Å². The Morgan fingerprint density at radius 2 is 1.60 bits per heavy atom. The Kier molecular flexibility index (Phi) is 4.13. The van der Waals surface area contributed by atoms with Gasteiger partial charge in [-0.1, -0.05) is 6.07 Å². The Morgan fingerprint density at radius 3 is 2.32 bits per heavy atom. The average molecular weight is 361 g/mol. The molecule has 0 atom stereocenters. The summed E-state index contributed by atoms with van der Waals surface area (Å²) in [4.78, 5) is 2.43. The number of benzene rings is 2. The van der Waals surface area contributed by atoms with Gasteiger partial charge in [-0.2, -0.15) is 0 Å². The zero-order chi connectivity index (χ0) is 17.4. The molecule has 2 aromatic rings. The third-order valence-corrected chi connectivity index (χ3v) is 6.65. The number of halogens is 1. The number of nitrogens with zero attached hydrogens (tertiary/aromatic N) is 2. The van der Waals surface area contributed by atoms with Crippen molar-refractivity contribution in [1.82, 2.24) is 5.32 Å². The third kappa shape index (κ3) is 2.87. The van der Waals surface area contributed by atoms with Gasteiger partial charge in [0.15, 0.2) is 0 Å². The van der Waals surface area contributed by atoms with E-state index in [0.29, 0.717) is 13.0 Å². The van der Waals surface area contributed by atoms with Crippen LogP contribution in [0.3, 0.4) is 0 Å². The topological polar surface area (TPSA) is 52.7 Å². The lowest BCUT2D eigenvalue weighted by atomic mass is 10.1. The number of hydrogen-bond acceptors (Lipinski definition) is 4. The Labute approximate surface area is 147 Å². The van der Waals surface area contributed by atoms with Crippen LogP contribution in [-0.4, -0.2) is 41.1 Å². The summed E-state index contributed by atoms with van der Waals surface area (Å²) in [6, 6.07) is 10.8. The molecule has 2 aromatic carbocycles. The second kappa shape index (κ2) is 6.31. The first kappa shape index (κ1) is 16.4. The summed E-state index contributed by atoms with van der Waals surface area (Å²) in [6.45, 7) is 4.11. The van der Waals surface area contributed by atoms with Crippen LogP contribution in [0, 0.1) is 5.82 Å². The van der Waals surface area contributed by atoms with Crippen LogP contribution in [0.1, 0.15) is 5.56 Å². The fraction of sp³-hybridized carbons (Fsp3) is 0.333. The zero-order valence-corrected chi connectivity index (χ0v) is 14.6. The van der Waals surface area contributed by atoms with Crippen LogP contribution >= 0.6 is 0 Å². The molecule has 0 aromatic heterocycles. The van der Waals surface area contributed by atoms with Crippen LogP contribution in [0.5, 0.6) is 0 Å². The van der Waals surface area contributed by atoms with Crippen molar-refractivity contribution in [2.75, 3.05) is 41.9 Å². The molecule has 2 aliphatic heterocycles. The largest absolute Gasteiger partial charge is 0.369 e. The summed E-state index contributed by atoms with van der Waals surface area (Å²) >= 11 is 0. The normalized spacial score (nSPS) is 17.6. The van der Waals surface area contributed by atoms with Gasteiger partial charge in [0.25, 0.3) is 10.0 Å². The minimum atomic E-state index is -3.68. The lowest BCUT2D eigenvalue weighted by molar-refractivity contribution is 0.588. The van der Waals surface area contributed by atoms with Crippen LogP contribution in [0.4, 0.5) is 15.8 Å². The molecule has 0 amide bonds. The Morgan fingerprint density at radius 1 is 0.920 bits per heavy atom. The predicted octanol–water partition coefficient (Wildman–Crippen LogP) is 1.99. The molecule has 0 radical (unpaired) electrons. The highest BCUT2D eigenvalue weighted by atomic mass is 32.2. The second-order valence-corrected chi connectivity index (χ2v) is 8.16. The molecular formula is C18H20FN3O2S. The van der Waals surface area contributed by atoms with E-state index in [9.17, 15) is 12.8 Å². The summed E-state index contributed by atoms with van der Waals surface area (Å²) < 4.78 is 40.5. The van der Waals surface area contributed by atoms with E-state index in [1.54, 1.807) is 0 Å². The highest BCUT2D eigenvalue weighted by Crippen LogP contribution is 2.38. The Balaban J connectivity index is 1.71. The number of fused-ring (bicyclic) bond motifs is 1. The van der Waals surface area contributed by atoms with Gasteiger partial charge in [0.05, 0.1) is 10.6 Å². The summed E-state index contributed by atoms with van der Waals surface area (Å²) in [6.07, 6.45) is 0.690.